The molecule has 0 amide bonds. The Hall–Kier alpha value is -1.17. The maximum atomic E-state index is 10.8. The first kappa shape index (κ1) is 30.1. The zero-order chi connectivity index (χ0) is 26.4. The molecule has 0 spiro atoms. The Morgan fingerprint density at radius 1 is 1.20 bits per heavy atom. The van der Waals surface area contributed by atoms with E-state index in [0.717, 1.165) is 63.4 Å². The maximum Gasteiger partial charge on any atom is 0.111 e. The number of carboxylic acids is 1. The molecule has 2 aliphatic rings. The van der Waals surface area contributed by atoms with Crippen LogP contribution < -0.4 is 5.11 Å². The van der Waals surface area contributed by atoms with E-state index >= 15 is 0 Å². The molecule has 2 N–H and O–H groups in total. The molecule has 0 bridgehead atoms. The summed E-state index contributed by atoms with van der Waals surface area (Å²) in [7, 11) is 0. The van der Waals surface area contributed by atoms with Crippen molar-refractivity contribution >= 4 is 5.97 Å². The quantitative estimate of drug-likeness (QED) is 0.308. The lowest BCUT2D eigenvalue weighted by atomic mass is 9.70. The molecule has 1 aliphatic carbocycles. The summed E-state index contributed by atoms with van der Waals surface area (Å²) in [5, 5.41) is 31.9. The molecule has 1 aliphatic heterocycles. The van der Waals surface area contributed by atoms with E-state index < -0.39 is 23.6 Å². The van der Waals surface area contributed by atoms with E-state index in [-0.39, 0.29) is 11.2 Å². The molecular formula is C30H51O5-. The highest BCUT2D eigenvalue weighted by Crippen LogP contribution is 2.50. The number of aliphatic hydroxyl groups excluding tert-OH is 1. The van der Waals surface area contributed by atoms with Crippen LogP contribution in [-0.2, 0) is 9.53 Å². The van der Waals surface area contributed by atoms with E-state index in [2.05, 4.69) is 27.7 Å². The summed E-state index contributed by atoms with van der Waals surface area (Å²) < 4.78 is 6.91. The Morgan fingerprint density at radius 2 is 1.80 bits per heavy atom. The lowest BCUT2D eigenvalue weighted by Crippen LogP contribution is -2.51. The SMILES string of the molecule is CCC12OC(C)(CCCC(C)CCCC(C)(O)CCCC(C)C(=O)[O-])CCC1=CC(O)C(C)=C2C. The number of carboxylic acid groups (broad SMARTS) is 1. The Balaban J connectivity index is 1.76. The summed E-state index contributed by atoms with van der Waals surface area (Å²) in [5.41, 5.74) is 2.23. The second kappa shape index (κ2) is 12.4. The molecule has 6 unspecified atom stereocenters. The van der Waals surface area contributed by atoms with Crippen LogP contribution in [0.1, 0.15) is 126 Å². The first-order valence-electron chi connectivity index (χ1n) is 14.0. The number of carbonyl (C=O) groups excluding carboxylic acids is 1. The number of carbonyl (C=O) groups is 1. The molecule has 5 nitrogen and oxygen atoms in total. The highest BCUT2D eigenvalue weighted by molar-refractivity contribution is 5.66. The zero-order valence-corrected chi connectivity index (χ0v) is 23.4. The Morgan fingerprint density at radius 3 is 2.40 bits per heavy atom. The van der Waals surface area contributed by atoms with Crippen molar-refractivity contribution in [1.29, 1.82) is 0 Å². The van der Waals surface area contributed by atoms with Gasteiger partial charge in [0.1, 0.15) is 5.60 Å². The summed E-state index contributed by atoms with van der Waals surface area (Å²) >= 11 is 0. The van der Waals surface area contributed by atoms with E-state index in [1.165, 1.54) is 11.1 Å². The summed E-state index contributed by atoms with van der Waals surface area (Å²) in [6, 6.07) is 0. The van der Waals surface area contributed by atoms with E-state index in [1.54, 1.807) is 6.92 Å². The fraction of sp³-hybridized carbons (Fsp3) is 0.833. The van der Waals surface area contributed by atoms with Gasteiger partial charge in [-0.1, -0.05) is 46.5 Å². The molecule has 1 saturated heterocycles. The lowest BCUT2D eigenvalue weighted by Gasteiger charge is -2.51. The minimum Gasteiger partial charge on any atom is -0.550 e. The molecule has 0 radical (unpaired) electrons. The van der Waals surface area contributed by atoms with E-state index in [1.807, 2.05) is 19.9 Å². The monoisotopic (exact) mass is 491 g/mol. The van der Waals surface area contributed by atoms with Crippen LogP contribution in [0.15, 0.2) is 22.8 Å². The third kappa shape index (κ3) is 7.90. The van der Waals surface area contributed by atoms with Gasteiger partial charge < -0.3 is 24.9 Å². The molecule has 35 heavy (non-hydrogen) atoms. The third-order valence-corrected chi connectivity index (χ3v) is 8.93. The summed E-state index contributed by atoms with van der Waals surface area (Å²) in [6.07, 6.45) is 12.4. The largest absolute Gasteiger partial charge is 0.550 e. The number of hydrogen-bond acceptors (Lipinski definition) is 5. The van der Waals surface area contributed by atoms with Crippen LogP contribution >= 0.6 is 0 Å². The van der Waals surface area contributed by atoms with Gasteiger partial charge in [0.05, 0.1) is 17.3 Å². The van der Waals surface area contributed by atoms with Crippen molar-refractivity contribution in [2.45, 2.75) is 148 Å². The fourth-order valence-corrected chi connectivity index (χ4v) is 6.10. The average Bonchev–Trinajstić information content (AvgIpc) is 2.78. The maximum absolute atomic E-state index is 10.8. The highest BCUT2D eigenvalue weighted by atomic mass is 16.5. The van der Waals surface area contributed by atoms with Crippen LogP contribution in [0.25, 0.3) is 0 Å². The minimum atomic E-state index is -1.01. The number of fused-ring (bicyclic) bond motifs is 1. The molecule has 0 saturated carbocycles. The first-order chi connectivity index (χ1) is 16.3. The summed E-state index contributed by atoms with van der Waals surface area (Å²) in [6.45, 7) is 14.4. The van der Waals surface area contributed by atoms with Crippen molar-refractivity contribution in [1.82, 2.24) is 0 Å². The molecule has 0 aromatic carbocycles. The predicted molar refractivity (Wildman–Crippen MR) is 140 cm³/mol. The van der Waals surface area contributed by atoms with Gasteiger partial charge in [-0.25, -0.2) is 0 Å². The highest BCUT2D eigenvalue weighted by Gasteiger charge is 2.48. The molecule has 6 atom stereocenters. The van der Waals surface area contributed by atoms with Gasteiger partial charge >= 0.3 is 0 Å². The van der Waals surface area contributed by atoms with Gasteiger partial charge in [-0.15, -0.1) is 0 Å². The van der Waals surface area contributed by atoms with Crippen molar-refractivity contribution in [3.63, 3.8) is 0 Å². The zero-order valence-electron chi connectivity index (χ0n) is 23.4. The molecule has 0 aromatic heterocycles. The van der Waals surface area contributed by atoms with Crippen LogP contribution in [0, 0.1) is 11.8 Å². The van der Waals surface area contributed by atoms with Gasteiger partial charge in [-0.2, -0.15) is 0 Å². The van der Waals surface area contributed by atoms with Crippen LogP contribution in [0.4, 0.5) is 0 Å². The van der Waals surface area contributed by atoms with Gasteiger partial charge in [-0.05, 0) is 114 Å². The molecule has 1 fully saturated rings. The molecular weight excluding hydrogens is 440 g/mol. The second-order valence-electron chi connectivity index (χ2n) is 12.2. The van der Waals surface area contributed by atoms with Gasteiger partial charge in [0.25, 0.3) is 0 Å². The molecule has 2 rings (SSSR count). The lowest BCUT2D eigenvalue weighted by molar-refractivity contribution is -0.311. The van der Waals surface area contributed by atoms with Crippen LogP contribution in [0.2, 0.25) is 0 Å². The third-order valence-electron chi connectivity index (χ3n) is 8.93. The first-order valence-corrected chi connectivity index (χ1v) is 14.0. The van der Waals surface area contributed by atoms with E-state index in [9.17, 15) is 20.1 Å². The number of rotatable bonds is 14. The molecule has 0 aromatic rings. The number of ether oxygens (including phenoxy) is 1. The second-order valence-corrected chi connectivity index (χ2v) is 12.2. The van der Waals surface area contributed by atoms with Crippen molar-refractivity contribution in [2.24, 2.45) is 11.8 Å². The topological polar surface area (TPSA) is 89.8 Å². The van der Waals surface area contributed by atoms with Crippen LogP contribution in [0.3, 0.4) is 0 Å². The van der Waals surface area contributed by atoms with E-state index in [0.29, 0.717) is 25.2 Å². The molecule has 5 heteroatoms. The van der Waals surface area contributed by atoms with E-state index in [4.69, 9.17) is 4.74 Å². The molecule has 202 valence electrons. The minimum absolute atomic E-state index is 0.150. The Kier molecular flexibility index (Phi) is 10.6. The standard InChI is InChI=1S/C30H52O5/c1-8-30-24(5)23(4)26(31)20-25(30)15-19-29(7,35-30)18-10-13-21(2)12-9-16-28(6,34)17-11-14-22(3)27(32)33/h20-22,26,31,34H,8-19H2,1-7H3,(H,32,33)/p-1. The summed E-state index contributed by atoms with van der Waals surface area (Å²) in [5.74, 6) is -0.864. The number of hydrogen-bond donors (Lipinski definition) is 2. The van der Waals surface area contributed by atoms with Gasteiger partial charge in [0, 0.05) is 5.97 Å². The number of aliphatic carboxylic acids is 1. The Bertz CT molecular complexity index is 782. The Labute approximate surface area is 214 Å². The van der Waals surface area contributed by atoms with Crippen LogP contribution in [-0.4, -0.2) is 39.1 Å². The predicted octanol–water partition coefficient (Wildman–Crippen LogP) is 5.63. The van der Waals surface area contributed by atoms with Crippen molar-refractivity contribution < 1.29 is 24.9 Å². The van der Waals surface area contributed by atoms with Crippen LogP contribution in [0.5, 0.6) is 0 Å². The van der Waals surface area contributed by atoms with Gasteiger partial charge in [-0.3, -0.25) is 0 Å². The van der Waals surface area contributed by atoms with Crippen molar-refractivity contribution in [3.05, 3.63) is 22.8 Å². The molecule has 1 heterocycles. The summed E-state index contributed by atoms with van der Waals surface area (Å²) in [4.78, 5) is 10.8. The van der Waals surface area contributed by atoms with Crippen molar-refractivity contribution in [3.8, 4) is 0 Å². The smallest absolute Gasteiger partial charge is 0.111 e. The fourth-order valence-electron chi connectivity index (χ4n) is 6.10. The number of aliphatic hydroxyl groups is 2. The van der Waals surface area contributed by atoms with Crippen molar-refractivity contribution in [2.75, 3.05) is 0 Å². The average molecular weight is 492 g/mol. The van der Waals surface area contributed by atoms with Gasteiger partial charge in [0.2, 0.25) is 0 Å². The normalized spacial score (nSPS) is 30.3. The van der Waals surface area contributed by atoms with Gasteiger partial charge in [0.15, 0.2) is 0 Å².